The molecular weight excluding hydrogens is 443 g/mol. The second-order valence-electron chi connectivity index (χ2n) is 8.18. The van der Waals surface area contributed by atoms with Crippen molar-refractivity contribution in [2.24, 2.45) is 0 Å². The maximum absolute atomic E-state index is 13.3. The summed E-state index contributed by atoms with van der Waals surface area (Å²) in [6.45, 7) is 8.34. The van der Waals surface area contributed by atoms with E-state index >= 15 is 0 Å². The number of aryl methyl sites for hydroxylation is 2. The highest BCUT2D eigenvalue weighted by Gasteiger charge is 2.29. The average molecular weight is 477 g/mol. The van der Waals surface area contributed by atoms with Crippen molar-refractivity contribution in [2.75, 3.05) is 0 Å². The van der Waals surface area contributed by atoms with Crippen molar-refractivity contribution in [3.05, 3.63) is 69.2 Å². The van der Waals surface area contributed by atoms with E-state index in [2.05, 4.69) is 36.5 Å². The highest BCUT2D eigenvalue weighted by atomic mass is 35.5. The number of amides is 2. The van der Waals surface area contributed by atoms with Crippen molar-refractivity contribution in [2.45, 2.75) is 78.4 Å². The first-order valence-corrected chi connectivity index (χ1v) is 12.2. The SMILES string of the molecule is CCc1ccc(CCC(=O)N(Cc2ccc(Cl)c(Cl)c2)[C@@H](CC)C(=O)N[C@@H](C)CC)cc1. The molecule has 0 fully saturated rings. The van der Waals surface area contributed by atoms with Gasteiger partial charge in [0.1, 0.15) is 6.04 Å². The number of nitrogens with one attached hydrogen (secondary N) is 1. The zero-order valence-electron chi connectivity index (χ0n) is 19.5. The van der Waals surface area contributed by atoms with Gasteiger partial charge in [-0.1, -0.05) is 74.3 Å². The van der Waals surface area contributed by atoms with Crippen LogP contribution in [0.4, 0.5) is 0 Å². The molecule has 2 atom stereocenters. The summed E-state index contributed by atoms with van der Waals surface area (Å²) in [5.41, 5.74) is 3.23. The van der Waals surface area contributed by atoms with E-state index in [1.165, 1.54) is 5.56 Å². The van der Waals surface area contributed by atoms with Gasteiger partial charge in [-0.05, 0) is 61.4 Å². The molecule has 2 aromatic carbocycles. The Balaban J connectivity index is 2.22. The summed E-state index contributed by atoms with van der Waals surface area (Å²) in [5, 5.41) is 3.93. The van der Waals surface area contributed by atoms with E-state index in [4.69, 9.17) is 23.2 Å². The molecule has 4 nitrogen and oxygen atoms in total. The van der Waals surface area contributed by atoms with Gasteiger partial charge >= 0.3 is 0 Å². The van der Waals surface area contributed by atoms with Crippen LogP contribution in [-0.2, 0) is 29.0 Å². The highest BCUT2D eigenvalue weighted by molar-refractivity contribution is 6.42. The average Bonchev–Trinajstić information content (AvgIpc) is 2.79. The van der Waals surface area contributed by atoms with Crippen molar-refractivity contribution < 1.29 is 9.59 Å². The summed E-state index contributed by atoms with van der Waals surface area (Å²) in [6.07, 6.45) is 3.31. The topological polar surface area (TPSA) is 49.4 Å². The third-order valence-corrected chi connectivity index (χ3v) is 6.52. The van der Waals surface area contributed by atoms with Crippen molar-refractivity contribution in [1.29, 1.82) is 0 Å². The summed E-state index contributed by atoms with van der Waals surface area (Å²) in [5.74, 6) is -0.177. The quantitative estimate of drug-likeness (QED) is 0.418. The van der Waals surface area contributed by atoms with Gasteiger partial charge in [-0.3, -0.25) is 9.59 Å². The predicted octanol–water partition coefficient (Wildman–Crippen LogP) is 6.21. The van der Waals surface area contributed by atoms with Gasteiger partial charge in [-0.2, -0.15) is 0 Å². The van der Waals surface area contributed by atoms with Crippen LogP contribution in [-0.4, -0.2) is 28.8 Å². The largest absolute Gasteiger partial charge is 0.352 e. The Labute approximate surface area is 202 Å². The second-order valence-corrected chi connectivity index (χ2v) is 9.00. The van der Waals surface area contributed by atoms with Crippen molar-refractivity contribution in [3.8, 4) is 0 Å². The number of hydrogen-bond acceptors (Lipinski definition) is 2. The van der Waals surface area contributed by atoms with Gasteiger partial charge in [0.15, 0.2) is 0 Å². The van der Waals surface area contributed by atoms with Gasteiger partial charge in [0, 0.05) is 19.0 Å². The van der Waals surface area contributed by atoms with E-state index in [0.29, 0.717) is 35.9 Å². The van der Waals surface area contributed by atoms with E-state index in [1.54, 1.807) is 17.0 Å². The number of carbonyl (C=O) groups is 2. The first kappa shape index (κ1) is 26.2. The number of nitrogens with zero attached hydrogens (tertiary/aromatic N) is 1. The van der Waals surface area contributed by atoms with Gasteiger partial charge in [0.25, 0.3) is 0 Å². The molecule has 0 aromatic heterocycles. The van der Waals surface area contributed by atoms with E-state index in [0.717, 1.165) is 24.0 Å². The van der Waals surface area contributed by atoms with Crippen LogP contribution in [0, 0.1) is 0 Å². The zero-order chi connectivity index (χ0) is 23.7. The Morgan fingerprint density at radius 3 is 2.09 bits per heavy atom. The maximum Gasteiger partial charge on any atom is 0.243 e. The summed E-state index contributed by atoms with van der Waals surface area (Å²) >= 11 is 12.2. The molecule has 32 heavy (non-hydrogen) atoms. The molecule has 2 rings (SSSR count). The maximum atomic E-state index is 13.3. The van der Waals surface area contributed by atoms with Gasteiger partial charge in [-0.25, -0.2) is 0 Å². The first-order chi connectivity index (χ1) is 15.3. The minimum absolute atomic E-state index is 0.0514. The number of rotatable bonds is 11. The molecule has 174 valence electrons. The van der Waals surface area contributed by atoms with E-state index in [9.17, 15) is 9.59 Å². The monoisotopic (exact) mass is 476 g/mol. The number of halogens is 2. The van der Waals surface area contributed by atoms with Crippen molar-refractivity contribution in [3.63, 3.8) is 0 Å². The van der Waals surface area contributed by atoms with Crippen molar-refractivity contribution in [1.82, 2.24) is 10.2 Å². The predicted molar refractivity (Wildman–Crippen MR) is 133 cm³/mol. The molecule has 0 bridgehead atoms. The van der Waals surface area contributed by atoms with Crippen molar-refractivity contribution >= 4 is 35.0 Å². The third-order valence-electron chi connectivity index (χ3n) is 5.78. The Hall–Kier alpha value is -2.04. The molecule has 0 saturated heterocycles. The van der Waals surface area contributed by atoms with E-state index in [-0.39, 0.29) is 17.9 Å². The molecule has 0 aliphatic rings. The lowest BCUT2D eigenvalue weighted by atomic mass is 10.0. The van der Waals surface area contributed by atoms with Crippen LogP contribution < -0.4 is 5.32 Å². The number of hydrogen-bond donors (Lipinski definition) is 1. The van der Waals surface area contributed by atoms with Crippen LogP contribution in [0.15, 0.2) is 42.5 Å². The normalized spacial score (nSPS) is 12.8. The fourth-order valence-corrected chi connectivity index (χ4v) is 3.85. The molecule has 2 amide bonds. The smallest absolute Gasteiger partial charge is 0.243 e. The molecule has 0 spiro atoms. The number of carbonyl (C=O) groups excluding carboxylic acids is 2. The molecule has 6 heteroatoms. The lowest BCUT2D eigenvalue weighted by Gasteiger charge is -2.31. The van der Waals surface area contributed by atoms with E-state index < -0.39 is 6.04 Å². The van der Waals surface area contributed by atoms with Crippen LogP contribution in [0.2, 0.25) is 10.0 Å². The molecule has 1 N–H and O–H groups in total. The lowest BCUT2D eigenvalue weighted by molar-refractivity contribution is -0.141. The number of benzene rings is 2. The summed E-state index contributed by atoms with van der Waals surface area (Å²) in [4.78, 5) is 28.0. The van der Waals surface area contributed by atoms with Crippen LogP contribution in [0.25, 0.3) is 0 Å². The van der Waals surface area contributed by atoms with Gasteiger partial charge in [0.2, 0.25) is 11.8 Å². The highest BCUT2D eigenvalue weighted by Crippen LogP contribution is 2.24. The lowest BCUT2D eigenvalue weighted by Crippen LogP contribution is -2.50. The minimum Gasteiger partial charge on any atom is -0.352 e. The molecular formula is C26H34Cl2N2O2. The second kappa shape index (κ2) is 12.9. The minimum atomic E-state index is -0.548. The summed E-state index contributed by atoms with van der Waals surface area (Å²) < 4.78 is 0. The molecule has 0 aliphatic carbocycles. The molecule has 0 radical (unpaired) electrons. The fraction of sp³-hybridized carbons (Fsp3) is 0.462. The molecule has 0 aliphatic heterocycles. The Morgan fingerprint density at radius 1 is 0.906 bits per heavy atom. The third kappa shape index (κ3) is 7.53. The Bertz CT molecular complexity index is 899. The zero-order valence-corrected chi connectivity index (χ0v) is 21.0. The standard InChI is InChI=1S/C26H34Cl2N2O2/c1-5-18(4)29-26(32)24(7-3)30(17-21-12-14-22(27)23(28)16-21)25(31)15-13-20-10-8-19(6-2)9-11-20/h8-12,14,16,18,24H,5-7,13,15,17H2,1-4H3,(H,29,32)/t18-,24-/m0/s1. The van der Waals surface area contributed by atoms with Crippen LogP contribution >= 0.6 is 23.2 Å². The van der Waals surface area contributed by atoms with Crippen LogP contribution in [0.3, 0.4) is 0 Å². The summed E-state index contributed by atoms with van der Waals surface area (Å²) in [6, 6.07) is 13.2. The summed E-state index contributed by atoms with van der Waals surface area (Å²) in [7, 11) is 0. The van der Waals surface area contributed by atoms with Crippen LogP contribution in [0.5, 0.6) is 0 Å². The van der Waals surface area contributed by atoms with Gasteiger partial charge in [0.05, 0.1) is 10.0 Å². The first-order valence-electron chi connectivity index (χ1n) is 11.4. The Morgan fingerprint density at radius 2 is 1.53 bits per heavy atom. The molecule has 2 aromatic rings. The molecule has 0 unspecified atom stereocenters. The van der Waals surface area contributed by atoms with E-state index in [1.807, 2.05) is 26.8 Å². The molecule has 0 saturated carbocycles. The Kier molecular flexibility index (Phi) is 10.5. The van der Waals surface area contributed by atoms with Crippen LogP contribution in [0.1, 0.15) is 63.6 Å². The van der Waals surface area contributed by atoms with Gasteiger partial charge < -0.3 is 10.2 Å². The fourth-order valence-electron chi connectivity index (χ4n) is 3.53. The van der Waals surface area contributed by atoms with Gasteiger partial charge in [-0.15, -0.1) is 0 Å². The molecule has 0 heterocycles.